The van der Waals surface area contributed by atoms with Gasteiger partial charge in [0.25, 0.3) is 0 Å². The van der Waals surface area contributed by atoms with Crippen LogP contribution in [0, 0.1) is 5.82 Å². The Morgan fingerprint density at radius 1 is 1.07 bits per heavy atom. The Morgan fingerprint density at radius 3 is 2.79 bits per heavy atom. The maximum absolute atomic E-state index is 14.1. The van der Waals surface area contributed by atoms with Crippen molar-refractivity contribution in [3.63, 3.8) is 0 Å². The second-order valence-corrected chi connectivity index (χ2v) is 6.45. The Bertz CT molecular complexity index is 1130. The maximum atomic E-state index is 14.1. The lowest BCUT2D eigenvalue weighted by molar-refractivity contribution is -0.112. The van der Waals surface area contributed by atoms with Crippen LogP contribution in [0.25, 0.3) is 11.0 Å². The first-order valence-electron chi connectivity index (χ1n) is 8.86. The molecule has 0 N–H and O–H groups in total. The predicted molar refractivity (Wildman–Crippen MR) is 98.8 cm³/mol. The summed E-state index contributed by atoms with van der Waals surface area (Å²) >= 11 is 0. The van der Waals surface area contributed by atoms with Crippen molar-refractivity contribution in [2.45, 2.75) is 19.5 Å². The van der Waals surface area contributed by atoms with Crippen LogP contribution in [0.3, 0.4) is 0 Å². The van der Waals surface area contributed by atoms with Gasteiger partial charge in [0.2, 0.25) is 6.29 Å². The molecule has 0 bridgehead atoms. The molecule has 6 nitrogen and oxygen atoms in total. The number of ether oxygens (including phenoxy) is 2. The molecule has 0 saturated heterocycles. The molecule has 0 unspecified atom stereocenters. The fourth-order valence-electron chi connectivity index (χ4n) is 3.23. The standard InChI is InChI=1S/C21H16FN3O3/c22-17-10-15-12-26-21(14-6-2-1-3-7-14)28-20(15)16(11-17)13-27-25-19-9-5-4-8-18(19)23-24-25/h1-11,21H,12-13H2/t21-/m0/s1. The Hall–Kier alpha value is -3.45. The highest BCUT2D eigenvalue weighted by Crippen LogP contribution is 2.36. The second-order valence-electron chi connectivity index (χ2n) is 6.45. The van der Waals surface area contributed by atoms with Crippen molar-refractivity contribution in [1.82, 2.24) is 15.2 Å². The molecule has 5 rings (SSSR count). The van der Waals surface area contributed by atoms with Crippen LogP contribution in [-0.4, -0.2) is 15.2 Å². The van der Waals surface area contributed by atoms with Crippen LogP contribution in [0.5, 0.6) is 5.75 Å². The minimum absolute atomic E-state index is 0.0783. The molecular weight excluding hydrogens is 361 g/mol. The summed E-state index contributed by atoms with van der Waals surface area (Å²) in [5.41, 5.74) is 3.58. The van der Waals surface area contributed by atoms with Gasteiger partial charge < -0.3 is 14.3 Å². The summed E-state index contributed by atoms with van der Waals surface area (Å²) in [6.07, 6.45) is -0.551. The minimum Gasteiger partial charge on any atom is -0.460 e. The summed E-state index contributed by atoms with van der Waals surface area (Å²) in [5, 5.41) is 8.04. The number of hydrogen-bond acceptors (Lipinski definition) is 5. The minimum atomic E-state index is -0.551. The molecule has 7 heteroatoms. The van der Waals surface area contributed by atoms with Crippen LogP contribution in [-0.2, 0) is 18.0 Å². The van der Waals surface area contributed by atoms with Crippen molar-refractivity contribution >= 4 is 11.0 Å². The molecular formula is C21H16FN3O3. The fraction of sp³-hybridized carbons (Fsp3) is 0.143. The fourth-order valence-corrected chi connectivity index (χ4v) is 3.23. The summed E-state index contributed by atoms with van der Waals surface area (Å²) in [5.74, 6) is 0.206. The van der Waals surface area contributed by atoms with Crippen molar-refractivity contribution in [2.24, 2.45) is 0 Å². The molecule has 140 valence electrons. The van der Waals surface area contributed by atoms with Gasteiger partial charge >= 0.3 is 0 Å². The summed E-state index contributed by atoms with van der Waals surface area (Å²) in [7, 11) is 0. The van der Waals surface area contributed by atoms with E-state index in [4.69, 9.17) is 14.3 Å². The van der Waals surface area contributed by atoms with Crippen molar-refractivity contribution < 1.29 is 18.7 Å². The molecule has 0 aliphatic carbocycles. The largest absolute Gasteiger partial charge is 0.460 e. The lowest BCUT2D eigenvalue weighted by Crippen LogP contribution is -2.21. The molecule has 2 heterocycles. The molecule has 1 atom stereocenters. The van der Waals surface area contributed by atoms with E-state index >= 15 is 0 Å². The molecule has 3 aromatic carbocycles. The lowest BCUT2D eigenvalue weighted by atomic mass is 10.1. The van der Waals surface area contributed by atoms with Crippen LogP contribution in [0.15, 0.2) is 66.7 Å². The Kier molecular flexibility index (Phi) is 4.14. The molecule has 1 aliphatic heterocycles. The third-order valence-corrected chi connectivity index (χ3v) is 4.56. The number of hydrogen-bond donors (Lipinski definition) is 0. The van der Waals surface area contributed by atoms with Crippen molar-refractivity contribution in [3.8, 4) is 5.75 Å². The Balaban J connectivity index is 1.43. The first-order chi connectivity index (χ1) is 13.8. The highest BCUT2D eigenvalue weighted by molar-refractivity contribution is 5.73. The van der Waals surface area contributed by atoms with Crippen LogP contribution in [0.2, 0.25) is 0 Å². The molecule has 28 heavy (non-hydrogen) atoms. The summed E-state index contributed by atoms with van der Waals surface area (Å²) < 4.78 is 25.9. The van der Waals surface area contributed by atoms with E-state index in [9.17, 15) is 4.39 Å². The van der Waals surface area contributed by atoms with Gasteiger partial charge in [-0.2, -0.15) is 0 Å². The van der Waals surface area contributed by atoms with Gasteiger partial charge in [0, 0.05) is 16.7 Å². The maximum Gasteiger partial charge on any atom is 0.227 e. The third-order valence-electron chi connectivity index (χ3n) is 4.56. The van der Waals surface area contributed by atoms with Crippen molar-refractivity contribution in [2.75, 3.05) is 0 Å². The molecule has 1 aromatic heterocycles. The van der Waals surface area contributed by atoms with Gasteiger partial charge in [-0.15, -0.1) is 5.10 Å². The van der Waals surface area contributed by atoms with E-state index in [0.29, 0.717) is 16.9 Å². The van der Waals surface area contributed by atoms with E-state index in [0.717, 1.165) is 16.6 Å². The number of fused-ring (bicyclic) bond motifs is 2. The molecule has 0 amide bonds. The molecule has 0 saturated carbocycles. The molecule has 0 radical (unpaired) electrons. The van der Waals surface area contributed by atoms with E-state index in [2.05, 4.69) is 10.3 Å². The molecule has 1 aliphatic rings. The number of benzene rings is 3. The second kappa shape index (κ2) is 6.94. The smallest absolute Gasteiger partial charge is 0.227 e. The quantitative estimate of drug-likeness (QED) is 0.541. The summed E-state index contributed by atoms with van der Waals surface area (Å²) in [6, 6.07) is 19.9. The number of para-hydroxylation sites is 1. The number of nitrogens with zero attached hydrogens (tertiary/aromatic N) is 3. The Labute approximate surface area is 160 Å². The van der Waals surface area contributed by atoms with E-state index in [1.54, 1.807) is 0 Å². The number of rotatable bonds is 4. The van der Waals surface area contributed by atoms with Gasteiger partial charge in [-0.05, 0) is 29.5 Å². The van der Waals surface area contributed by atoms with E-state index in [1.807, 2.05) is 54.6 Å². The first-order valence-corrected chi connectivity index (χ1v) is 8.86. The van der Waals surface area contributed by atoms with Gasteiger partial charge in [0.1, 0.15) is 29.2 Å². The normalized spacial score (nSPS) is 15.8. The molecule has 0 spiro atoms. The monoisotopic (exact) mass is 377 g/mol. The van der Waals surface area contributed by atoms with Crippen LogP contribution >= 0.6 is 0 Å². The average Bonchev–Trinajstić information content (AvgIpc) is 3.15. The summed E-state index contributed by atoms with van der Waals surface area (Å²) in [4.78, 5) is 7.10. The van der Waals surface area contributed by atoms with Gasteiger partial charge in [0.05, 0.1) is 6.61 Å². The van der Waals surface area contributed by atoms with Crippen LogP contribution in [0.1, 0.15) is 23.0 Å². The van der Waals surface area contributed by atoms with Gasteiger partial charge in [-0.1, -0.05) is 47.3 Å². The SMILES string of the molecule is Fc1cc2c(c(COn3nnc4ccccc43)c1)O[C@@H](c1ccccc1)OC2. The van der Waals surface area contributed by atoms with Crippen LogP contribution in [0.4, 0.5) is 4.39 Å². The van der Waals surface area contributed by atoms with Gasteiger partial charge in [-0.25, -0.2) is 4.39 Å². The Morgan fingerprint density at radius 2 is 1.89 bits per heavy atom. The third kappa shape index (κ3) is 3.05. The van der Waals surface area contributed by atoms with E-state index < -0.39 is 6.29 Å². The zero-order valence-corrected chi connectivity index (χ0v) is 14.8. The summed E-state index contributed by atoms with van der Waals surface area (Å²) in [6.45, 7) is 0.334. The molecule has 4 aromatic rings. The van der Waals surface area contributed by atoms with Gasteiger partial charge in [-0.3, -0.25) is 0 Å². The predicted octanol–water partition coefficient (Wildman–Crippen LogP) is 3.81. The van der Waals surface area contributed by atoms with Crippen LogP contribution < -0.4 is 9.57 Å². The van der Waals surface area contributed by atoms with Gasteiger partial charge in [0.15, 0.2) is 0 Å². The molecule has 0 fully saturated rings. The van der Waals surface area contributed by atoms with Crippen molar-refractivity contribution in [3.05, 3.63) is 89.2 Å². The zero-order chi connectivity index (χ0) is 18.9. The lowest BCUT2D eigenvalue weighted by Gasteiger charge is -2.28. The topological polar surface area (TPSA) is 58.4 Å². The van der Waals surface area contributed by atoms with Crippen molar-refractivity contribution in [1.29, 1.82) is 0 Å². The highest BCUT2D eigenvalue weighted by atomic mass is 19.1. The average molecular weight is 377 g/mol. The zero-order valence-electron chi connectivity index (χ0n) is 14.8. The van der Waals surface area contributed by atoms with E-state index in [1.165, 1.54) is 17.0 Å². The highest BCUT2D eigenvalue weighted by Gasteiger charge is 2.25. The first kappa shape index (κ1) is 16.7. The van der Waals surface area contributed by atoms with E-state index in [-0.39, 0.29) is 19.0 Å². The number of halogens is 1. The number of aromatic nitrogens is 3.